The number of carbonyl (C=O) groups excluding carboxylic acids is 2. The Kier molecular flexibility index (Phi) is 6.60. The lowest BCUT2D eigenvalue weighted by Gasteiger charge is -2.32. The number of rotatable bonds is 3. The molecule has 1 amide bonds. The van der Waals surface area contributed by atoms with Crippen LogP contribution in [0.2, 0.25) is 0 Å². The van der Waals surface area contributed by atoms with Crippen molar-refractivity contribution in [3.05, 3.63) is 11.3 Å². The third kappa shape index (κ3) is 5.58. The molecule has 1 saturated heterocycles. The van der Waals surface area contributed by atoms with E-state index in [4.69, 9.17) is 15.2 Å². The van der Waals surface area contributed by atoms with Crippen molar-refractivity contribution in [2.45, 2.75) is 46.6 Å². The lowest BCUT2D eigenvalue weighted by Crippen LogP contribution is -2.44. The van der Waals surface area contributed by atoms with Crippen LogP contribution in [0.1, 0.15) is 41.0 Å². The molecule has 0 spiro atoms. The van der Waals surface area contributed by atoms with Crippen LogP contribution in [-0.4, -0.2) is 54.5 Å². The Morgan fingerprint density at radius 2 is 1.96 bits per heavy atom. The highest BCUT2D eigenvalue weighted by Crippen LogP contribution is 2.19. The summed E-state index contributed by atoms with van der Waals surface area (Å²) < 4.78 is 10.3. The molecule has 0 aromatic rings. The first-order valence-electron chi connectivity index (χ1n) is 7.87. The summed E-state index contributed by atoms with van der Waals surface area (Å²) >= 11 is 0. The van der Waals surface area contributed by atoms with Gasteiger partial charge in [-0.2, -0.15) is 0 Å². The van der Waals surface area contributed by atoms with E-state index < -0.39 is 17.7 Å². The predicted molar refractivity (Wildman–Crippen MR) is 88.2 cm³/mol. The molecule has 0 saturated carbocycles. The first-order chi connectivity index (χ1) is 10.7. The molecule has 0 radical (unpaired) electrons. The Balaban J connectivity index is 3.03. The molecule has 1 aliphatic rings. The Labute approximate surface area is 137 Å². The van der Waals surface area contributed by atoms with Crippen molar-refractivity contribution in [2.24, 2.45) is 10.7 Å². The van der Waals surface area contributed by atoms with Gasteiger partial charge in [0, 0.05) is 30.8 Å². The summed E-state index contributed by atoms with van der Waals surface area (Å²) in [7, 11) is 0. The van der Waals surface area contributed by atoms with Gasteiger partial charge in [0.05, 0.1) is 13.2 Å². The van der Waals surface area contributed by atoms with Gasteiger partial charge >= 0.3 is 12.1 Å². The van der Waals surface area contributed by atoms with E-state index >= 15 is 0 Å². The zero-order valence-electron chi connectivity index (χ0n) is 14.6. The van der Waals surface area contributed by atoms with Gasteiger partial charge in [-0.1, -0.05) is 0 Å². The minimum absolute atomic E-state index is 0.00677. The quantitative estimate of drug-likeness (QED) is 0.631. The Morgan fingerprint density at radius 3 is 2.48 bits per heavy atom. The number of hydrogen-bond acceptors (Lipinski definition) is 6. The van der Waals surface area contributed by atoms with Crippen molar-refractivity contribution < 1.29 is 19.1 Å². The molecule has 23 heavy (non-hydrogen) atoms. The maximum absolute atomic E-state index is 12.2. The van der Waals surface area contributed by atoms with Gasteiger partial charge in [-0.05, 0) is 34.6 Å². The third-order valence-corrected chi connectivity index (χ3v) is 3.14. The van der Waals surface area contributed by atoms with Gasteiger partial charge in [-0.15, -0.1) is 0 Å². The van der Waals surface area contributed by atoms with Crippen molar-refractivity contribution in [1.82, 2.24) is 4.90 Å². The number of nitrogens with two attached hydrogens (primary N) is 1. The second kappa shape index (κ2) is 7.99. The average Bonchev–Trinajstić information content (AvgIpc) is 2.45. The van der Waals surface area contributed by atoms with E-state index in [1.54, 1.807) is 6.92 Å². The zero-order chi connectivity index (χ0) is 17.6. The van der Waals surface area contributed by atoms with Crippen LogP contribution in [0.3, 0.4) is 0 Å². The smallest absolute Gasteiger partial charge is 0.410 e. The monoisotopic (exact) mass is 325 g/mol. The van der Waals surface area contributed by atoms with Crippen LogP contribution in [0.15, 0.2) is 16.3 Å². The Morgan fingerprint density at radius 1 is 1.30 bits per heavy atom. The number of aliphatic imine (C=N–C) groups is 1. The van der Waals surface area contributed by atoms with Gasteiger partial charge in [0.25, 0.3) is 0 Å². The van der Waals surface area contributed by atoms with Gasteiger partial charge < -0.3 is 20.1 Å². The number of likely N-dealkylation sites (tertiary alicyclic amines) is 1. The molecular weight excluding hydrogens is 298 g/mol. The van der Waals surface area contributed by atoms with E-state index in [1.165, 1.54) is 4.90 Å². The SMILES string of the molecule is CCN=C1CCN(C(=O)OC(C)(C)C)C/C1=C(/N)C(=O)OCC. The van der Waals surface area contributed by atoms with Crippen LogP contribution >= 0.6 is 0 Å². The fraction of sp³-hybridized carbons (Fsp3) is 0.688. The largest absolute Gasteiger partial charge is 0.461 e. The third-order valence-electron chi connectivity index (χ3n) is 3.14. The number of esters is 1. The average molecular weight is 325 g/mol. The standard InChI is InChI=1S/C16H27N3O4/c1-6-18-12-8-9-19(15(21)23-16(3,4)5)10-11(12)13(17)14(20)22-7-2/h6-10,17H2,1-5H3/b13-11-,18-12?. The number of carbonyl (C=O) groups is 2. The van der Waals surface area contributed by atoms with Crippen LogP contribution in [0.5, 0.6) is 0 Å². The van der Waals surface area contributed by atoms with Gasteiger partial charge in [-0.25, -0.2) is 9.59 Å². The van der Waals surface area contributed by atoms with E-state index in [0.717, 1.165) is 5.71 Å². The molecule has 0 aromatic carbocycles. The summed E-state index contributed by atoms with van der Waals surface area (Å²) in [6.07, 6.45) is 0.102. The minimum Gasteiger partial charge on any atom is -0.461 e. The second-order valence-electron chi connectivity index (χ2n) is 6.19. The van der Waals surface area contributed by atoms with Gasteiger partial charge in [0.2, 0.25) is 0 Å². The fourth-order valence-corrected chi connectivity index (χ4v) is 2.17. The highest BCUT2D eigenvalue weighted by molar-refractivity contribution is 6.07. The number of nitrogens with zero attached hydrogens (tertiary/aromatic N) is 2. The number of piperidine rings is 1. The van der Waals surface area contributed by atoms with Crippen molar-refractivity contribution in [3.63, 3.8) is 0 Å². The highest BCUT2D eigenvalue weighted by Gasteiger charge is 2.30. The first-order valence-corrected chi connectivity index (χ1v) is 7.87. The summed E-state index contributed by atoms with van der Waals surface area (Å²) in [6, 6.07) is 0. The van der Waals surface area contributed by atoms with Gasteiger partial charge in [-0.3, -0.25) is 4.99 Å². The molecule has 0 atom stereocenters. The summed E-state index contributed by atoms with van der Waals surface area (Å²) in [4.78, 5) is 30.0. The number of ether oxygens (including phenoxy) is 2. The second-order valence-corrected chi connectivity index (χ2v) is 6.19. The maximum Gasteiger partial charge on any atom is 0.410 e. The molecule has 0 bridgehead atoms. The number of amides is 1. The van der Waals surface area contributed by atoms with Gasteiger partial charge in [0.1, 0.15) is 11.3 Å². The van der Waals surface area contributed by atoms with E-state index in [-0.39, 0.29) is 18.8 Å². The van der Waals surface area contributed by atoms with Crippen LogP contribution in [-0.2, 0) is 14.3 Å². The van der Waals surface area contributed by atoms with E-state index in [2.05, 4.69) is 4.99 Å². The maximum atomic E-state index is 12.2. The van der Waals surface area contributed by atoms with E-state index in [9.17, 15) is 9.59 Å². The highest BCUT2D eigenvalue weighted by atomic mass is 16.6. The Hall–Kier alpha value is -2.05. The molecule has 1 rings (SSSR count). The molecule has 1 heterocycles. The first kappa shape index (κ1) is 19.0. The minimum atomic E-state index is -0.586. The lowest BCUT2D eigenvalue weighted by molar-refractivity contribution is -0.138. The molecule has 1 aliphatic heterocycles. The van der Waals surface area contributed by atoms with Crippen LogP contribution < -0.4 is 5.73 Å². The summed E-state index contributed by atoms with van der Waals surface area (Å²) in [5.74, 6) is -0.586. The summed E-state index contributed by atoms with van der Waals surface area (Å²) in [5.41, 5.74) is 6.65. The molecule has 0 unspecified atom stereocenters. The molecule has 7 heteroatoms. The molecule has 7 nitrogen and oxygen atoms in total. The van der Waals surface area contributed by atoms with Crippen LogP contribution in [0, 0.1) is 0 Å². The molecule has 0 aromatic heterocycles. The summed E-state index contributed by atoms with van der Waals surface area (Å²) in [6.45, 7) is 10.5. The molecule has 0 aliphatic carbocycles. The van der Waals surface area contributed by atoms with Crippen LogP contribution in [0.25, 0.3) is 0 Å². The number of hydrogen-bond donors (Lipinski definition) is 1. The summed E-state index contributed by atoms with van der Waals surface area (Å²) in [5, 5.41) is 0. The van der Waals surface area contributed by atoms with E-state index in [0.29, 0.717) is 25.1 Å². The topological polar surface area (TPSA) is 94.2 Å². The van der Waals surface area contributed by atoms with Crippen LogP contribution in [0.4, 0.5) is 4.79 Å². The van der Waals surface area contributed by atoms with Crippen molar-refractivity contribution in [1.29, 1.82) is 0 Å². The van der Waals surface area contributed by atoms with Gasteiger partial charge in [0.15, 0.2) is 0 Å². The molecule has 130 valence electrons. The molecule has 1 fully saturated rings. The molecule has 2 N–H and O–H groups in total. The lowest BCUT2D eigenvalue weighted by atomic mass is 10.00. The fourth-order valence-electron chi connectivity index (χ4n) is 2.17. The van der Waals surface area contributed by atoms with Crippen molar-refractivity contribution >= 4 is 17.8 Å². The van der Waals surface area contributed by atoms with E-state index in [1.807, 2.05) is 27.7 Å². The predicted octanol–water partition coefficient (Wildman–Crippen LogP) is 1.86. The van der Waals surface area contributed by atoms with Crippen molar-refractivity contribution in [2.75, 3.05) is 26.2 Å². The Bertz CT molecular complexity index is 518. The normalized spacial score (nSPS) is 19.5. The van der Waals surface area contributed by atoms with Crippen molar-refractivity contribution in [3.8, 4) is 0 Å². The molecular formula is C16H27N3O4. The zero-order valence-corrected chi connectivity index (χ0v) is 14.6.